The zero-order valence-corrected chi connectivity index (χ0v) is 15.3. The van der Waals surface area contributed by atoms with Crippen LogP contribution in [0.25, 0.3) is 21.9 Å². The molecular weight excluding hydrogens is 352 g/mol. The summed E-state index contributed by atoms with van der Waals surface area (Å²) in [6.07, 6.45) is 0.893. The first-order valence-electron chi connectivity index (χ1n) is 9.25. The fourth-order valence-corrected chi connectivity index (χ4v) is 3.17. The van der Waals surface area contributed by atoms with Crippen LogP contribution >= 0.6 is 0 Å². The van der Waals surface area contributed by atoms with Crippen LogP contribution < -0.4 is 10.6 Å². The number of fused-ring (bicyclic) bond motifs is 3. The summed E-state index contributed by atoms with van der Waals surface area (Å²) in [6.45, 7) is 0.448. The minimum Gasteiger partial charge on any atom is -0.456 e. The largest absolute Gasteiger partial charge is 0.456 e. The molecule has 2 N–H and O–H groups in total. The fraction of sp³-hybridized carbons (Fsp3) is 0.130. The number of rotatable bonds is 6. The number of amides is 2. The maximum atomic E-state index is 12.2. The Labute approximate surface area is 162 Å². The average Bonchev–Trinajstić information content (AvgIpc) is 3.09. The van der Waals surface area contributed by atoms with Gasteiger partial charge in [-0.25, -0.2) is 0 Å². The van der Waals surface area contributed by atoms with Gasteiger partial charge in [0.05, 0.1) is 0 Å². The number of nitrogens with one attached hydrogen (secondary N) is 2. The number of carbonyl (C=O) groups is 2. The Morgan fingerprint density at radius 1 is 0.821 bits per heavy atom. The van der Waals surface area contributed by atoms with Crippen LogP contribution in [0.1, 0.15) is 23.2 Å². The molecule has 5 nitrogen and oxygen atoms in total. The molecule has 1 aromatic heterocycles. The van der Waals surface area contributed by atoms with Crippen LogP contribution in [0.2, 0.25) is 0 Å². The normalized spacial score (nSPS) is 10.9. The van der Waals surface area contributed by atoms with Gasteiger partial charge in [-0.1, -0.05) is 36.4 Å². The molecule has 0 saturated carbocycles. The molecule has 4 aromatic rings. The van der Waals surface area contributed by atoms with Crippen molar-refractivity contribution < 1.29 is 14.0 Å². The molecule has 28 heavy (non-hydrogen) atoms. The SMILES string of the molecule is O=C(CCCNC(=O)c1ccccc1)Nc1ccc2c(c1)oc1ccccc12. The maximum absolute atomic E-state index is 12.2. The molecule has 0 radical (unpaired) electrons. The predicted molar refractivity (Wildman–Crippen MR) is 110 cm³/mol. The van der Waals surface area contributed by atoms with E-state index in [2.05, 4.69) is 10.6 Å². The maximum Gasteiger partial charge on any atom is 0.251 e. The molecule has 5 heteroatoms. The minimum absolute atomic E-state index is 0.0931. The van der Waals surface area contributed by atoms with E-state index in [9.17, 15) is 9.59 Å². The summed E-state index contributed by atoms with van der Waals surface area (Å²) in [5, 5.41) is 7.79. The molecule has 2 amide bonds. The third-order valence-electron chi connectivity index (χ3n) is 4.56. The Kier molecular flexibility index (Phi) is 5.06. The third kappa shape index (κ3) is 3.88. The second-order valence-corrected chi connectivity index (χ2v) is 6.58. The summed E-state index contributed by atoms with van der Waals surface area (Å²) in [4.78, 5) is 24.1. The number of benzene rings is 3. The molecule has 0 spiro atoms. The molecule has 140 valence electrons. The van der Waals surface area contributed by atoms with Crippen LogP contribution in [0.4, 0.5) is 5.69 Å². The monoisotopic (exact) mass is 372 g/mol. The molecule has 0 unspecified atom stereocenters. The number of furan rings is 1. The number of para-hydroxylation sites is 1. The summed E-state index contributed by atoms with van der Waals surface area (Å²) >= 11 is 0. The van der Waals surface area contributed by atoms with E-state index in [-0.39, 0.29) is 11.8 Å². The third-order valence-corrected chi connectivity index (χ3v) is 4.56. The molecule has 0 atom stereocenters. The molecular formula is C23H20N2O3. The second kappa shape index (κ2) is 7.96. The Morgan fingerprint density at radius 3 is 2.43 bits per heavy atom. The van der Waals surface area contributed by atoms with Gasteiger partial charge in [-0.15, -0.1) is 0 Å². The van der Waals surface area contributed by atoms with Gasteiger partial charge in [0.25, 0.3) is 5.91 Å². The molecule has 0 fully saturated rings. The van der Waals surface area contributed by atoms with Crippen LogP contribution in [0, 0.1) is 0 Å². The Balaban J connectivity index is 1.30. The molecule has 3 aromatic carbocycles. The van der Waals surface area contributed by atoms with Crippen LogP contribution in [0.3, 0.4) is 0 Å². The van der Waals surface area contributed by atoms with E-state index >= 15 is 0 Å². The summed E-state index contributed by atoms with van der Waals surface area (Å²) in [5.41, 5.74) is 2.89. The van der Waals surface area contributed by atoms with Crippen molar-refractivity contribution >= 4 is 39.4 Å². The zero-order chi connectivity index (χ0) is 19.3. The standard InChI is InChI=1S/C23H20N2O3/c26-22(11-6-14-24-23(27)16-7-2-1-3-8-16)25-17-12-13-19-18-9-4-5-10-20(18)28-21(19)15-17/h1-5,7-10,12-13,15H,6,11,14H2,(H,24,27)(H,25,26). The van der Waals surface area contributed by atoms with Gasteiger partial charge in [0.15, 0.2) is 0 Å². The van der Waals surface area contributed by atoms with Gasteiger partial charge in [-0.2, -0.15) is 0 Å². The number of carbonyl (C=O) groups excluding carboxylic acids is 2. The quantitative estimate of drug-likeness (QED) is 0.481. The topological polar surface area (TPSA) is 71.3 Å². The number of anilines is 1. The fourth-order valence-electron chi connectivity index (χ4n) is 3.17. The first kappa shape index (κ1) is 17.8. The van der Waals surface area contributed by atoms with Crippen molar-refractivity contribution in [3.63, 3.8) is 0 Å². The molecule has 1 heterocycles. The summed E-state index contributed by atoms with van der Waals surface area (Å²) in [6, 6.07) is 22.5. The highest BCUT2D eigenvalue weighted by atomic mass is 16.3. The highest BCUT2D eigenvalue weighted by Crippen LogP contribution is 2.30. The smallest absolute Gasteiger partial charge is 0.251 e. The van der Waals surface area contributed by atoms with Crippen LogP contribution in [0.5, 0.6) is 0 Å². The van der Waals surface area contributed by atoms with Crippen LogP contribution in [-0.4, -0.2) is 18.4 Å². The molecule has 0 aliphatic heterocycles. The zero-order valence-electron chi connectivity index (χ0n) is 15.3. The van der Waals surface area contributed by atoms with Gasteiger partial charge in [0.1, 0.15) is 11.2 Å². The lowest BCUT2D eigenvalue weighted by Crippen LogP contribution is -2.25. The second-order valence-electron chi connectivity index (χ2n) is 6.58. The van der Waals surface area contributed by atoms with Crippen LogP contribution in [0.15, 0.2) is 77.2 Å². The van der Waals surface area contributed by atoms with E-state index in [1.165, 1.54) is 0 Å². The first-order chi connectivity index (χ1) is 13.7. The van der Waals surface area contributed by atoms with Crippen molar-refractivity contribution in [2.45, 2.75) is 12.8 Å². The van der Waals surface area contributed by atoms with E-state index in [0.29, 0.717) is 30.6 Å². The van der Waals surface area contributed by atoms with E-state index in [0.717, 1.165) is 21.9 Å². The highest BCUT2D eigenvalue weighted by Gasteiger charge is 2.09. The van der Waals surface area contributed by atoms with Gasteiger partial charge in [-0.05, 0) is 36.8 Å². The first-order valence-corrected chi connectivity index (χ1v) is 9.25. The average molecular weight is 372 g/mol. The van der Waals surface area contributed by atoms with E-state index in [4.69, 9.17) is 4.42 Å². The van der Waals surface area contributed by atoms with Gasteiger partial charge in [0.2, 0.25) is 5.91 Å². The van der Waals surface area contributed by atoms with Crippen molar-refractivity contribution in [2.24, 2.45) is 0 Å². The lowest BCUT2D eigenvalue weighted by atomic mass is 10.1. The molecule has 0 saturated heterocycles. The highest BCUT2D eigenvalue weighted by molar-refractivity contribution is 6.06. The summed E-state index contributed by atoms with van der Waals surface area (Å²) in [7, 11) is 0. The van der Waals surface area contributed by atoms with E-state index < -0.39 is 0 Å². The van der Waals surface area contributed by atoms with Gasteiger partial charge < -0.3 is 15.1 Å². The molecule has 0 bridgehead atoms. The minimum atomic E-state index is -0.128. The Hall–Kier alpha value is -3.60. The molecule has 0 aliphatic rings. The van der Waals surface area contributed by atoms with E-state index in [1.807, 2.05) is 60.7 Å². The predicted octanol–water partition coefficient (Wildman–Crippen LogP) is 4.73. The molecule has 4 rings (SSSR count). The van der Waals surface area contributed by atoms with Crippen molar-refractivity contribution in [3.8, 4) is 0 Å². The van der Waals surface area contributed by atoms with Gasteiger partial charge in [-0.3, -0.25) is 9.59 Å². The lowest BCUT2D eigenvalue weighted by molar-refractivity contribution is -0.116. The van der Waals surface area contributed by atoms with Crippen molar-refractivity contribution in [1.82, 2.24) is 5.32 Å². The lowest BCUT2D eigenvalue weighted by Gasteiger charge is -2.07. The Morgan fingerprint density at radius 2 is 1.57 bits per heavy atom. The summed E-state index contributed by atoms with van der Waals surface area (Å²) in [5.74, 6) is -0.222. The van der Waals surface area contributed by atoms with E-state index in [1.54, 1.807) is 12.1 Å². The summed E-state index contributed by atoms with van der Waals surface area (Å²) < 4.78 is 5.84. The van der Waals surface area contributed by atoms with Gasteiger partial charge in [0, 0.05) is 41.1 Å². The van der Waals surface area contributed by atoms with Crippen LogP contribution in [-0.2, 0) is 4.79 Å². The van der Waals surface area contributed by atoms with Gasteiger partial charge >= 0.3 is 0 Å². The van der Waals surface area contributed by atoms with Crippen molar-refractivity contribution in [1.29, 1.82) is 0 Å². The Bertz CT molecular complexity index is 1130. The van der Waals surface area contributed by atoms with Crippen molar-refractivity contribution in [3.05, 3.63) is 78.4 Å². The van der Waals surface area contributed by atoms with Crippen molar-refractivity contribution in [2.75, 3.05) is 11.9 Å². The number of hydrogen-bond donors (Lipinski definition) is 2. The molecule has 0 aliphatic carbocycles. The number of hydrogen-bond acceptors (Lipinski definition) is 3.